The van der Waals surface area contributed by atoms with Crippen molar-refractivity contribution < 1.29 is 19.2 Å². The van der Waals surface area contributed by atoms with Gasteiger partial charge in [-0.25, -0.2) is 0 Å². The highest BCUT2D eigenvalue weighted by molar-refractivity contribution is 7.80. The van der Waals surface area contributed by atoms with Crippen molar-refractivity contribution in [3.8, 4) is 5.75 Å². The lowest BCUT2D eigenvalue weighted by Gasteiger charge is -2.38. The van der Waals surface area contributed by atoms with Crippen molar-refractivity contribution in [2.45, 2.75) is 25.4 Å². The first-order valence-electron chi connectivity index (χ1n) is 10.7. The summed E-state index contributed by atoms with van der Waals surface area (Å²) in [5.74, 6) is 0.793. The van der Waals surface area contributed by atoms with Gasteiger partial charge in [0, 0.05) is 13.1 Å². The molecule has 0 spiro atoms. The molecule has 0 aliphatic carbocycles. The number of fused-ring (bicyclic) bond motifs is 1. The minimum absolute atomic E-state index is 0.0739. The maximum atomic E-state index is 13.0. The molecule has 3 aliphatic rings. The highest BCUT2D eigenvalue weighted by atomic mass is 32.1. The Kier molecular flexibility index (Phi) is 6.84. The molecular weight excluding hydrogens is 388 g/mol. The molecule has 8 heteroatoms. The van der Waals surface area contributed by atoms with E-state index >= 15 is 0 Å². The first-order chi connectivity index (χ1) is 14.2. The van der Waals surface area contributed by atoms with Gasteiger partial charge in [0.05, 0.1) is 38.5 Å². The molecule has 7 nitrogen and oxygen atoms in total. The normalized spacial score (nSPS) is 22.6. The van der Waals surface area contributed by atoms with Crippen molar-refractivity contribution in [2.75, 3.05) is 63.9 Å². The molecule has 0 radical (unpaired) electrons. The number of anilines is 1. The lowest BCUT2D eigenvalue weighted by atomic mass is 10.1. The Labute approximate surface area is 177 Å². The van der Waals surface area contributed by atoms with Gasteiger partial charge in [0.25, 0.3) is 5.91 Å². The summed E-state index contributed by atoms with van der Waals surface area (Å²) in [5.41, 5.74) is 0.923. The van der Waals surface area contributed by atoms with Gasteiger partial charge < -0.3 is 29.5 Å². The second-order valence-electron chi connectivity index (χ2n) is 7.92. The van der Waals surface area contributed by atoms with E-state index in [1.54, 1.807) is 0 Å². The van der Waals surface area contributed by atoms with Crippen LogP contribution in [0.3, 0.4) is 0 Å². The van der Waals surface area contributed by atoms with Crippen molar-refractivity contribution >= 4 is 28.9 Å². The third kappa shape index (κ3) is 4.99. The smallest absolute Gasteiger partial charge is 0.265 e. The molecule has 0 unspecified atom stereocenters. The Morgan fingerprint density at radius 2 is 1.93 bits per heavy atom. The predicted octanol–water partition coefficient (Wildman–Crippen LogP) is 0.0561. The van der Waals surface area contributed by atoms with Gasteiger partial charge in [0.15, 0.2) is 11.2 Å². The number of para-hydroxylation sites is 2. The van der Waals surface area contributed by atoms with Gasteiger partial charge in [-0.05, 0) is 43.6 Å². The number of nitrogens with one attached hydrogen (secondary N) is 2. The van der Waals surface area contributed by atoms with Gasteiger partial charge in [-0.15, -0.1) is 0 Å². The summed E-state index contributed by atoms with van der Waals surface area (Å²) in [6, 6.07) is 7.82. The van der Waals surface area contributed by atoms with Crippen molar-refractivity contribution in [3.05, 3.63) is 24.3 Å². The van der Waals surface area contributed by atoms with E-state index in [-0.39, 0.29) is 5.91 Å². The Morgan fingerprint density at radius 3 is 2.72 bits per heavy atom. The molecule has 3 aliphatic heterocycles. The quantitative estimate of drug-likeness (QED) is 0.673. The van der Waals surface area contributed by atoms with Gasteiger partial charge in [-0.1, -0.05) is 12.1 Å². The molecular formula is C21H31N4O3S+. The monoisotopic (exact) mass is 419 g/mol. The topological polar surface area (TPSA) is 58.5 Å². The van der Waals surface area contributed by atoms with E-state index in [2.05, 4.69) is 5.32 Å². The average Bonchev–Trinajstić information content (AvgIpc) is 2.79. The Bertz CT molecular complexity index is 720. The maximum Gasteiger partial charge on any atom is 0.265 e. The largest absolute Gasteiger partial charge is 0.476 e. The van der Waals surface area contributed by atoms with E-state index in [1.165, 1.54) is 11.3 Å². The van der Waals surface area contributed by atoms with E-state index in [9.17, 15) is 4.79 Å². The molecule has 1 atom stereocenters. The number of quaternary nitrogens is 1. The number of morpholine rings is 1. The van der Waals surface area contributed by atoms with Crippen LogP contribution in [0.1, 0.15) is 19.3 Å². The number of rotatable bonds is 4. The van der Waals surface area contributed by atoms with E-state index in [0.29, 0.717) is 11.7 Å². The Hall–Kier alpha value is -1.90. The van der Waals surface area contributed by atoms with Gasteiger partial charge >= 0.3 is 0 Å². The number of nitrogens with zero attached hydrogens (tertiary/aromatic N) is 2. The number of ether oxygens (including phenoxy) is 2. The van der Waals surface area contributed by atoms with Crippen molar-refractivity contribution in [3.63, 3.8) is 0 Å². The number of thiocarbonyl (C=S) groups is 1. The van der Waals surface area contributed by atoms with E-state index in [4.69, 9.17) is 21.7 Å². The number of carbonyl (C=O) groups excluding carboxylic acids is 1. The summed E-state index contributed by atoms with van der Waals surface area (Å²) in [6.45, 7) is 7.65. The molecule has 1 aromatic rings. The van der Waals surface area contributed by atoms with Gasteiger partial charge in [-0.3, -0.25) is 4.79 Å². The third-order valence-electron chi connectivity index (χ3n) is 5.92. The molecule has 2 fully saturated rings. The van der Waals surface area contributed by atoms with Crippen LogP contribution >= 0.6 is 12.2 Å². The first kappa shape index (κ1) is 20.4. The molecule has 2 saturated heterocycles. The number of hydrogen-bond acceptors (Lipinski definition) is 4. The zero-order valence-electron chi connectivity index (χ0n) is 16.9. The van der Waals surface area contributed by atoms with Crippen LogP contribution in [-0.2, 0) is 9.53 Å². The molecule has 0 saturated carbocycles. The summed E-state index contributed by atoms with van der Waals surface area (Å²) in [6.07, 6.45) is 2.82. The number of piperidine rings is 1. The molecule has 29 heavy (non-hydrogen) atoms. The fourth-order valence-electron chi connectivity index (χ4n) is 4.22. The predicted molar refractivity (Wildman–Crippen MR) is 116 cm³/mol. The van der Waals surface area contributed by atoms with E-state index < -0.39 is 6.10 Å². The van der Waals surface area contributed by atoms with E-state index in [0.717, 1.165) is 76.8 Å². The SMILES string of the molecule is O=C([C@@H]1CN(C(=S)NCC[NH+]2CCOCC2)c2ccccc2O1)N1CCCCC1. The summed E-state index contributed by atoms with van der Waals surface area (Å²) >= 11 is 5.71. The van der Waals surface area contributed by atoms with Crippen molar-refractivity contribution in [2.24, 2.45) is 0 Å². The van der Waals surface area contributed by atoms with Crippen molar-refractivity contribution in [1.82, 2.24) is 10.2 Å². The van der Waals surface area contributed by atoms with Crippen LogP contribution in [0.15, 0.2) is 24.3 Å². The molecule has 1 amide bonds. The third-order valence-corrected chi connectivity index (χ3v) is 6.28. The number of likely N-dealkylation sites (tertiary alicyclic amines) is 1. The zero-order chi connectivity index (χ0) is 20.1. The molecule has 4 rings (SSSR count). The van der Waals surface area contributed by atoms with Crippen LogP contribution < -0.4 is 19.9 Å². The van der Waals surface area contributed by atoms with Crippen LogP contribution in [0.4, 0.5) is 5.69 Å². The lowest BCUT2D eigenvalue weighted by molar-refractivity contribution is -0.906. The van der Waals surface area contributed by atoms with Gasteiger partial charge in [0.1, 0.15) is 18.8 Å². The summed E-state index contributed by atoms with van der Waals surface area (Å²) in [4.78, 5) is 18.5. The minimum atomic E-state index is -0.521. The standard InChI is InChI=1S/C21H30N4O3S/c26-20(24-9-4-1-5-10-24)19-16-25(17-6-2-3-7-18(17)28-19)21(29)22-8-11-23-12-14-27-15-13-23/h2-3,6-7,19H,1,4-5,8-16H2,(H,22,29)/p+1/t19-/m0/s1. The fraction of sp³-hybridized carbons (Fsp3) is 0.619. The molecule has 2 N–H and O–H groups in total. The number of amides is 1. The van der Waals surface area contributed by atoms with Crippen molar-refractivity contribution in [1.29, 1.82) is 0 Å². The second-order valence-corrected chi connectivity index (χ2v) is 8.30. The fourth-order valence-corrected chi connectivity index (χ4v) is 4.50. The first-order valence-corrected chi connectivity index (χ1v) is 11.1. The number of benzene rings is 1. The van der Waals surface area contributed by atoms with Gasteiger partial charge in [-0.2, -0.15) is 0 Å². The molecule has 1 aromatic carbocycles. The average molecular weight is 420 g/mol. The van der Waals surface area contributed by atoms with E-state index in [1.807, 2.05) is 34.1 Å². The number of hydrogen-bond donors (Lipinski definition) is 2. The maximum absolute atomic E-state index is 13.0. The molecule has 0 bridgehead atoms. The highest BCUT2D eigenvalue weighted by Crippen LogP contribution is 2.33. The highest BCUT2D eigenvalue weighted by Gasteiger charge is 2.35. The van der Waals surface area contributed by atoms with Crippen LogP contribution in [-0.4, -0.2) is 81.1 Å². The number of carbonyl (C=O) groups is 1. The molecule has 3 heterocycles. The summed E-state index contributed by atoms with van der Waals surface area (Å²) in [7, 11) is 0. The van der Waals surface area contributed by atoms with Crippen LogP contribution in [0.2, 0.25) is 0 Å². The Morgan fingerprint density at radius 1 is 1.17 bits per heavy atom. The lowest BCUT2D eigenvalue weighted by Crippen LogP contribution is -3.14. The minimum Gasteiger partial charge on any atom is -0.476 e. The van der Waals surface area contributed by atoms with Crippen LogP contribution in [0.5, 0.6) is 5.75 Å². The summed E-state index contributed by atoms with van der Waals surface area (Å²) in [5, 5.41) is 4.05. The van der Waals surface area contributed by atoms with Crippen LogP contribution in [0.25, 0.3) is 0 Å². The second kappa shape index (κ2) is 9.73. The molecule has 158 valence electrons. The molecule has 0 aromatic heterocycles. The van der Waals surface area contributed by atoms with Gasteiger partial charge in [0.2, 0.25) is 0 Å². The Balaban J connectivity index is 1.40. The van der Waals surface area contributed by atoms with Crippen LogP contribution in [0, 0.1) is 0 Å². The zero-order valence-corrected chi connectivity index (χ0v) is 17.7. The summed E-state index contributed by atoms with van der Waals surface area (Å²) < 4.78 is 11.5.